The van der Waals surface area contributed by atoms with Crippen LogP contribution in [0, 0.1) is 12.7 Å². The van der Waals surface area contributed by atoms with E-state index in [2.05, 4.69) is 5.32 Å². The predicted octanol–water partition coefficient (Wildman–Crippen LogP) is 4.19. The first-order valence-corrected chi connectivity index (χ1v) is 6.83. The molecule has 0 unspecified atom stereocenters. The highest BCUT2D eigenvalue weighted by Crippen LogP contribution is 2.26. The molecule has 21 heavy (non-hydrogen) atoms. The van der Waals surface area contributed by atoms with Crippen LogP contribution in [0.25, 0.3) is 0 Å². The largest absolute Gasteiger partial charge is 0.479 e. The number of ether oxygens (including phenoxy) is 1. The van der Waals surface area contributed by atoms with Gasteiger partial charge in [-0.25, -0.2) is 4.39 Å². The van der Waals surface area contributed by atoms with Crippen molar-refractivity contribution in [2.24, 2.45) is 0 Å². The van der Waals surface area contributed by atoms with Crippen molar-refractivity contribution in [2.75, 3.05) is 5.32 Å². The summed E-state index contributed by atoms with van der Waals surface area (Å²) in [6.45, 7) is 3.47. The van der Waals surface area contributed by atoms with Crippen molar-refractivity contribution in [3.63, 3.8) is 0 Å². The Labute approximate surface area is 127 Å². The number of halogens is 2. The summed E-state index contributed by atoms with van der Waals surface area (Å²) >= 11 is 6.01. The first-order chi connectivity index (χ1) is 9.97. The van der Waals surface area contributed by atoms with E-state index < -0.39 is 17.8 Å². The zero-order valence-corrected chi connectivity index (χ0v) is 12.4. The Balaban J connectivity index is 2.06. The van der Waals surface area contributed by atoms with Crippen molar-refractivity contribution in [1.82, 2.24) is 0 Å². The molecule has 1 amide bonds. The van der Waals surface area contributed by atoms with Crippen LogP contribution >= 0.6 is 11.6 Å². The van der Waals surface area contributed by atoms with Crippen LogP contribution < -0.4 is 10.1 Å². The van der Waals surface area contributed by atoms with Gasteiger partial charge in [-0.15, -0.1) is 0 Å². The fourth-order valence-corrected chi connectivity index (χ4v) is 1.90. The first-order valence-electron chi connectivity index (χ1n) is 6.45. The number of rotatable bonds is 4. The molecule has 2 aromatic rings. The lowest BCUT2D eigenvalue weighted by Gasteiger charge is -2.16. The Morgan fingerprint density at radius 2 is 2.00 bits per heavy atom. The molecular weight excluding hydrogens is 293 g/mol. The Morgan fingerprint density at radius 1 is 1.29 bits per heavy atom. The quantitative estimate of drug-likeness (QED) is 0.919. The molecule has 0 saturated carbocycles. The third-order valence-corrected chi connectivity index (χ3v) is 3.20. The topological polar surface area (TPSA) is 38.3 Å². The fourth-order valence-electron chi connectivity index (χ4n) is 1.74. The monoisotopic (exact) mass is 307 g/mol. The van der Waals surface area contributed by atoms with E-state index in [0.29, 0.717) is 10.8 Å². The van der Waals surface area contributed by atoms with Crippen LogP contribution in [0.4, 0.5) is 10.1 Å². The molecule has 0 heterocycles. The molecule has 2 aromatic carbocycles. The normalized spacial score (nSPS) is 11.8. The highest BCUT2D eigenvalue weighted by Gasteiger charge is 2.17. The number of aryl methyl sites for hydroxylation is 1. The van der Waals surface area contributed by atoms with Gasteiger partial charge in [-0.2, -0.15) is 0 Å². The van der Waals surface area contributed by atoms with Gasteiger partial charge >= 0.3 is 0 Å². The van der Waals surface area contributed by atoms with Gasteiger partial charge in [-0.1, -0.05) is 29.8 Å². The Kier molecular flexibility index (Phi) is 4.81. The van der Waals surface area contributed by atoms with Gasteiger partial charge in [0.1, 0.15) is 11.6 Å². The number of amides is 1. The average Bonchev–Trinajstić information content (AvgIpc) is 2.45. The number of hydrogen-bond acceptors (Lipinski definition) is 2. The Morgan fingerprint density at radius 3 is 2.71 bits per heavy atom. The third kappa shape index (κ3) is 3.95. The molecule has 5 heteroatoms. The zero-order chi connectivity index (χ0) is 15.4. The van der Waals surface area contributed by atoms with Gasteiger partial charge < -0.3 is 10.1 Å². The number of hydrogen-bond donors (Lipinski definition) is 1. The molecule has 1 atom stereocenters. The molecule has 3 nitrogen and oxygen atoms in total. The lowest BCUT2D eigenvalue weighted by Crippen LogP contribution is -2.30. The highest BCUT2D eigenvalue weighted by molar-refractivity contribution is 6.32. The number of carbonyl (C=O) groups excluding carboxylic acids is 1. The van der Waals surface area contributed by atoms with Crippen molar-refractivity contribution < 1.29 is 13.9 Å². The molecule has 0 fully saturated rings. The summed E-state index contributed by atoms with van der Waals surface area (Å²) in [6.07, 6.45) is -0.802. The van der Waals surface area contributed by atoms with Gasteiger partial charge in [-0.05, 0) is 43.7 Å². The van der Waals surface area contributed by atoms with Crippen LogP contribution in [0.3, 0.4) is 0 Å². The number of anilines is 1. The number of nitrogens with one attached hydrogen (secondary N) is 1. The molecule has 0 aromatic heterocycles. The van der Waals surface area contributed by atoms with E-state index in [1.807, 2.05) is 13.0 Å². The second kappa shape index (κ2) is 6.59. The number of carbonyl (C=O) groups is 1. The smallest absolute Gasteiger partial charge is 0.265 e. The maximum atomic E-state index is 13.5. The summed E-state index contributed by atoms with van der Waals surface area (Å²) in [5.41, 5.74) is 1.09. The molecule has 0 aliphatic heterocycles. The van der Waals surface area contributed by atoms with Gasteiger partial charge in [0, 0.05) is 0 Å². The lowest BCUT2D eigenvalue weighted by atomic mass is 10.2. The average molecular weight is 308 g/mol. The summed E-state index contributed by atoms with van der Waals surface area (Å²) in [6, 6.07) is 11.2. The van der Waals surface area contributed by atoms with Gasteiger partial charge in [-0.3, -0.25) is 4.79 Å². The van der Waals surface area contributed by atoms with E-state index in [9.17, 15) is 9.18 Å². The van der Waals surface area contributed by atoms with Crippen LogP contribution in [0.2, 0.25) is 5.02 Å². The predicted molar refractivity (Wildman–Crippen MR) is 81.3 cm³/mol. The Hall–Kier alpha value is -2.07. The van der Waals surface area contributed by atoms with Gasteiger partial charge in [0.25, 0.3) is 5.91 Å². The van der Waals surface area contributed by atoms with E-state index in [1.54, 1.807) is 31.2 Å². The molecule has 0 aliphatic rings. The van der Waals surface area contributed by atoms with E-state index in [0.717, 1.165) is 5.56 Å². The summed E-state index contributed by atoms with van der Waals surface area (Å²) < 4.78 is 19.0. The minimum absolute atomic E-state index is 0.119. The maximum Gasteiger partial charge on any atom is 0.265 e. The van der Waals surface area contributed by atoms with Crippen LogP contribution in [-0.2, 0) is 4.79 Å². The second-order valence-corrected chi connectivity index (χ2v) is 5.07. The third-order valence-electron chi connectivity index (χ3n) is 2.89. The SMILES string of the molecule is Cc1ccc(Cl)c(O[C@H](C)C(=O)Nc2ccccc2F)c1. The van der Waals surface area contributed by atoms with Crippen LogP contribution in [0.15, 0.2) is 42.5 Å². The molecule has 0 aliphatic carbocycles. The highest BCUT2D eigenvalue weighted by atomic mass is 35.5. The standard InChI is InChI=1S/C16H15ClFNO2/c1-10-7-8-12(17)15(9-10)21-11(2)16(20)19-14-6-4-3-5-13(14)18/h3-9,11H,1-2H3,(H,19,20)/t11-/m1/s1. The van der Waals surface area contributed by atoms with E-state index in [4.69, 9.17) is 16.3 Å². The summed E-state index contributed by atoms with van der Waals surface area (Å²) in [5.74, 6) is -0.517. The van der Waals surface area contributed by atoms with Crippen LogP contribution in [0.5, 0.6) is 5.75 Å². The molecule has 0 spiro atoms. The Bertz CT molecular complexity index is 660. The molecule has 0 radical (unpaired) electrons. The maximum absolute atomic E-state index is 13.5. The van der Waals surface area contributed by atoms with Gasteiger partial charge in [0.15, 0.2) is 6.10 Å². The van der Waals surface area contributed by atoms with Crippen molar-refractivity contribution in [3.8, 4) is 5.75 Å². The first kappa shape index (κ1) is 15.3. The summed E-state index contributed by atoms with van der Waals surface area (Å²) in [7, 11) is 0. The lowest BCUT2D eigenvalue weighted by molar-refractivity contribution is -0.122. The van der Waals surface area contributed by atoms with Crippen LogP contribution in [-0.4, -0.2) is 12.0 Å². The minimum atomic E-state index is -0.802. The van der Waals surface area contributed by atoms with E-state index >= 15 is 0 Å². The van der Waals surface area contributed by atoms with Gasteiger partial charge in [0.2, 0.25) is 0 Å². The fraction of sp³-hybridized carbons (Fsp3) is 0.188. The van der Waals surface area contributed by atoms with E-state index in [1.165, 1.54) is 12.1 Å². The molecule has 2 rings (SSSR count). The number of benzene rings is 2. The minimum Gasteiger partial charge on any atom is -0.479 e. The molecule has 0 bridgehead atoms. The van der Waals surface area contributed by atoms with Crippen molar-refractivity contribution in [1.29, 1.82) is 0 Å². The molecule has 110 valence electrons. The van der Waals surface area contributed by atoms with Crippen molar-refractivity contribution >= 4 is 23.2 Å². The van der Waals surface area contributed by atoms with E-state index in [-0.39, 0.29) is 5.69 Å². The zero-order valence-electron chi connectivity index (χ0n) is 11.7. The van der Waals surface area contributed by atoms with Crippen LogP contribution in [0.1, 0.15) is 12.5 Å². The van der Waals surface area contributed by atoms with Crippen molar-refractivity contribution in [3.05, 3.63) is 58.9 Å². The summed E-state index contributed by atoms with van der Waals surface area (Å²) in [5, 5.41) is 2.90. The molecule has 0 saturated heterocycles. The second-order valence-electron chi connectivity index (χ2n) is 4.66. The summed E-state index contributed by atoms with van der Waals surface area (Å²) in [4.78, 5) is 12.0. The van der Waals surface area contributed by atoms with Gasteiger partial charge in [0.05, 0.1) is 10.7 Å². The van der Waals surface area contributed by atoms with Crippen molar-refractivity contribution in [2.45, 2.75) is 20.0 Å². The molecular formula is C16H15ClFNO2. The molecule has 1 N–H and O–H groups in total. The number of para-hydroxylation sites is 1.